The number of rotatable bonds is 6. The minimum atomic E-state index is -0.903. The van der Waals surface area contributed by atoms with E-state index in [9.17, 15) is 4.21 Å². The third kappa shape index (κ3) is 4.05. The number of hydrogen-bond donors (Lipinski definition) is 0. The Labute approximate surface area is 134 Å². The summed E-state index contributed by atoms with van der Waals surface area (Å²) in [5, 5.41) is 4.32. The summed E-state index contributed by atoms with van der Waals surface area (Å²) in [5.74, 6) is 0.708. The number of piperidine rings is 1. The number of benzene rings is 1. The highest BCUT2D eigenvalue weighted by Crippen LogP contribution is 2.18. The monoisotopic (exact) mass is 317 g/mol. The van der Waals surface area contributed by atoms with Crippen molar-refractivity contribution in [1.29, 1.82) is 0 Å². The number of hydrogen-bond acceptors (Lipinski definition) is 3. The fourth-order valence-corrected chi connectivity index (χ4v) is 4.17. The Morgan fingerprint density at radius 1 is 1.18 bits per heavy atom. The van der Waals surface area contributed by atoms with Gasteiger partial charge in [-0.2, -0.15) is 5.10 Å². The molecule has 1 saturated heterocycles. The molecule has 0 saturated carbocycles. The van der Waals surface area contributed by atoms with Gasteiger partial charge in [-0.05, 0) is 37.6 Å². The number of likely N-dealkylation sites (tertiary alicyclic amines) is 1. The molecule has 22 heavy (non-hydrogen) atoms. The quantitative estimate of drug-likeness (QED) is 0.822. The second-order valence-electron chi connectivity index (χ2n) is 5.78. The fourth-order valence-electron chi connectivity index (χ4n) is 3.08. The smallest absolute Gasteiger partial charge is 0.0564 e. The Morgan fingerprint density at radius 2 is 2.05 bits per heavy atom. The molecule has 0 amide bonds. The standard InChI is InChI=1S/C17H23N3OS/c21-22(17-8-2-1-3-9-17)14-13-19-11-5-4-7-16(19)15-20-12-6-10-18-20/h1-3,6,8-10,12,16H,4-5,7,11,13-15H2/t16-,22-/m1/s1. The molecule has 2 atom stereocenters. The second-order valence-corrected chi connectivity index (χ2v) is 7.35. The van der Waals surface area contributed by atoms with Crippen molar-refractivity contribution in [2.45, 2.75) is 36.7 Å². The van der Waals surface area contributed by atoms with Crippen LogP contribution >= 0.6 is 0 Å². The number of aromatic nitrogens is 2. The lowest BCUT2D eigenvalue weighted by Gasteiger charge is -2.35. The van der Waals surface area contributed by atoms with Crippen molar-refractivity contribution < 1.29 is 4.21 Å². The topological polar surface area (TPSA) is 38.1 Å². The van der Waals surface area contributed by atoms with Crippen molar-refractivity contribution in [2.75, 3.05) is 18.8 Å². The molecular weight excluding hydrogens is 294 g/mol. The molecule has 1 aromatic carbocycles. The summed E-state index contributed by atoms with van der Waals surface area (Å²) >= 11 is 0. The summed E-state index contributed by atoms with van der Waals surface area (Å²) in [6, 6.07) is 12.3. The van der Waals surface area contributed by atoms with Crippen LogP contribution in [-0.4, -0.2) is 43.8 Å². The molecule has 2 aromatic rings. The van der Waals surface area contributed by atoms with Gasteiger partial charge in [-0.3, -0.25) is 13.8 Å². The van der Waals surface area contributed by atoms with Crippen molar-refractivity contribution >= 4 is 10.8 Å². The Bertz CT molecular complexity index is 585. The van der Waals surface area contributed by atoms with Crippen LogP contribution in [0.25, 0.3) is 0 Å². The van der Waals surface area contributed by atoms with Gasteiger partial charge in [0.05, 0.1) is 17.3 Å². The molecule has 5 heteroatoms. The molecule has 3 rings (SSSR count). The van der Waals surface area contributed by atoms with Gasteiger partial charge in [-0.25, -0.2) is 0 Å². The molecule has 0 bridgehead atoms. The maximum Gasteiger partial charge on any atom is 0.0564 e. The van der Waals surface area contributed by atoms with Gasteiger partial charge < -0.3 is 0 Å². The molecule has 2 heterocycles. The summed E-state index contributed by atoms with van der Waals surface area (Å²) in [6.07, 6.45) is 7.59. The zero-order chi connectivity index (χ0) is 15.2. The Hall–Kier alpha value is -1.46. The first-order valence-electron chi connectivity index (χ1n) is 7.98. The first-order chi connectivity index (χ1) is 10.8. The first-order valence-corrected chi connectivity index (χ1v) is 9.30. The highest BCUT2D eigenvalue weighted by molar-refractivity contribution is 7.85. The van der Waals surface area contributed by atoms with Crippen LogP contribution < -0.4 is 0 Å². The third-order valence-corrected chi connectivity index (χ3v) is 5.63. The van der Waals surface area contributed by atoms with Crippen LogP contribution in [0.5, 0.6) is 0 Å². The molecule has 1 aliphatic heterocycles. The van der Waals surface area contributed by atoms with Crippen LogP contribution in [0, 0.1) is 0 Å². The second kappa shape index (κ2) is 7.70. The van der Waals surface area contributed by atoms with E-state index in [4.69, 9.17) is 0 Å². The molecule has 0 N–H and O–H groups in total. The molecule has 118 valence electrons. The third-order valence-electron chi connectivity index (χ3n) is 4.28. The first kappa shape index (κ1) is 15.4. The van der Waals surface area contributed by atoms with E-state index in [0.29, 0.717) is 11.8 Å². The summed E-state index contributed by atoms with van der Waals surface area (Å²) in [4.78, 5) is 3.43. The van der Waals surface area contributed by atoms with Crippen LogP contribution in [0.15, 0.2) is 53.7 Å². The van der Waals surface area contributed by atoms with Gasteiger partial charge in [0.15, 0.2) is 0 Å². The molecule has 0 radical (unpaired) electrons. The van der Waals surface area contributed by atoms with E-state index < -0.39 is 10.8 Å². The average Bonchev–Trinajstić information content (AvgIpc) is 3.07. The van der Waals surface area contributed by atoms with Crippen LogP contribution in [0.4, 0.5) is 0 Å². The Kier molecular flexibility index (Phi) is 5.40. The maximum absolute atomic E-state index is 12.4. The van der Waals surface area contributed by atoms with Gasteiger partial charge in [-0.15, -0.1) is 0 Å². The molecular formula is C17H23N3OS. The lowest BCUT2D eigenvalue weighted by atomic mass is 10.0. The molecule has 0 spiro atoms. The molecule has 1 fully saturated rings. The normalized spacial score (nSPS) is 20.8. The highest BCUT2D eigenvalue weighted by atomic mass is 32.2. The van der Waals surface area contributed by atoms with Gasteiger partial charge in [0.25, 0.3) is 0 Å². The minimum absolute atomic E-state index is 0.515. The van der Waals surface area contributed by atoms with Crippen LogP contribution in [-0.2, 0) is 17.3 Å². The largest absolute Gasteiger partial charge is 0.298 e. The van der Waals surface area contributed by atoms with E-state index in [2.05, 4.69) is 10.00 Å². The lowest BCUT2D eigenvalue weighted by Crippen LogP contribution is -2.44. The number of nitrogens with zero attached hydrogens (tertiary/aromatic N) is 3. The van der Waals surface area contributed by atoms with Crippen LogP contribution in [0.1, 0.15) is 19.3 Å². The molecule has 4 nitrogen and oxygen atoms in total. The zero-order valence-corrected chi connectivity index (χ0v) is 13.6. The maximum atomic E-state index is 12.4. The van der Waals surface area contributed by atoms with E-state index in [1.807, 2.05) is 53.5 Å². The minimum Gasteiger partial charge on any atom is -0.298 e. The van der Waals surface area contributed by atoms with Crippen molar-refractivity contribution in [2.24, 2.45) is 0 Å². The van der Waals surface area contributed by atoms with Crippen LogP contribution in [0.3, 0.4) is 0 Å². The Morgan fingerprint density at radius 3 is 2.82 bits per heavy atom. The molecule has 0 aliphatic carbocycles. The van der Waals surface area contributed by atoms with Crippen molar-refractivity contribution in [3.63, 3.8) is 0 Å². The van der Waals surface area contributed by atoms with E-state index in [1.54, 1.807) is 0 Å². The fraction of sp³-hybridized carbons (Fsp3) is 0.471. The zero-order valence-electron chi connectivity index (χ0n) is 12.8. The van der Waals surface area contributed by atoms with E-state index >= 15 is 0 Å². The average molecular weight is 317 g/mol. The Balaban J connectivity index is 1.56. The van der Waals surface area contributed by atoms with E-state index in [0.717, 1.165) is 24.5 Å². The SMILES string of the molecule is O=[S@](CCN1CCCC[C@@H]1Cn1cccn1)c1ccccc1. The molecule has 0 unspecified atom stereocenters. The van der Waals surface area contributed by atoms with Gasteiger partial charge in [-0.1, -0.05) is 24.6 Å². The molecule has 1 aliphatic rings. The van der Waals surface area contributed by atoms with Crippen molar-refractivity contribution in [1.82, 2.24) is 14.7 Å². The van der Waals surface area contributed by atoms with Crippen molar-refractivity contribution in [3.05, 3.63) is 48.8 Å². The lowest BCUT2D eigenvalue weighted by molar-refractivity contribution is 0.138. The van der Waals surface area contributed by atoms with E-state index in [-0.39, 0.29) is 0 Å². The highest BCUT2D eigenvalue weighted by Gasteiger charge is 2.23. The summed E-state index contributed by atoms with van der Waals surface area (Å²) in [7, 11) is -0.903. The summed E-state index contributed by atoms with van der Waals surface area (Å²) in [5.41, 5.74) is 0. The van der Waals surface area contributed by atoms with E-state index in [1.165, 1.54) is 19.3 Å². The van der Waals surface area contributed by atoms with Gasteiger partial charge in [0, 0.05) is 35.6 Å². The summed E-state index contributed by atoms with van der Waals surface area (Å²) < 4.78 is 14.4. The van der Waals surface area contributed by atoms with Gasteiger partial charge in [0.2, 0.25) is 0 Å². The van der Waals surface area contributed by atoms with Crippen molar-refractivity contribution in [3.8, 4) is 0 Å². The predicted molar refractivity (Wildman–Crippen MR) is 89.2 cm³/mol. The van der Waals surface area contributed by atoms with Crippen LogP contribution in [0.2, 0.25) is 0 Å². The van der Waals surface area contributed by atoms with Gasteiger partial charge >= 0.3 is 0 Å². The van der Waals surface area contributed by atoms with Gasteiger partial charge in [0.1, 0.15) is 0 Å². The predicted octanol–water partition coefficient (Wildman–Crippen LogP) is 2.55. The molecule has 1 aromatic heterocycles. The summed E-state index contributed by atoms with van der Waals surface area (Å²) in [6.45, 7) is 2.94.